The lowest BCUT2D eigenvalue weighted by atomic mass is 10.2. The lowest BCUT2D eigenvalue weighted by Gasteiger charge is -2.27. The molecule has 1 aliphatic heterocycles. The number of carbonyl (C=O) groups is 1. The largest absolute Gasteiger partial charge is 0.350 e. The molecule has 0 unspecified atom stereocenters. The van der Waals surface area contributed by atoms with Gasteiger partial charge in [-0.1, -0.05) is 24.3 Å². The Morgan fingerprint density at radius 2 is 1.84 bits per heavy atom. The van der Waals surface area contributed by atoms with Gasteiger partial charge in [0.1, 0.15) is 5.82 Å². The number of anilines is 1. The number of sulfonamides is 1. The van der Waals surface area contributed by atoms with Gasteiger partial charge in [0.15, 0.2) is 0 Å². The van der Waals surface area contributed by atoms with E-state index < -0.39 is 15.8 Å². The maximum atomic E-state index is 13.9. The first-order chi connectivity index (χ1) is 15.4. The van der Waals surface area contributed by atoms with Crippen LogP contribution < -0.4 is 10.0 Å². The third-order valence-corrected chi connectivity index (χ3v) is 7.77. The van der Waals surface area contributed by atoms with Crippen LogP contribution in [0.4, 0.5) is 10.1 Å². The molecule has 2 N–H and O–H groups in total. The second-order valence-electron chi connectivity index (χ2n) is 7.60. The number of carbonyl (C=O) groups excluding carboxylic acids is 1. The zero-order valence-electron chi connectivity index (χ0n) is 17.3. The van der Waals surface area contributed by atoms with Gasteiger partial charge in [-0.15, -0.1) is 11.3 Å². The Morgan fingerprint density at radius 3 is 2.56 bits per heavy atom. The van der Waals surface area contributed by atoms with Gasteiger partial charge in [0.2, 0.25) is 0 Å². The first kappa shape index (κ1) is 22.4. The van der Waals surface area contributed by atoms with E-state index >= 15 is 0 Å². The van der Waals surface area contributed by atoms with Crippen molar-refractivity contribution in [2.24, 2.45) is 0 Å². The Balaban J connectivity index is 1.47. The molecule has 0 aliphatic carbocycles. The summed E-state index contributed by atoms with van der Waals surface area (Å²) in [4.78, 5) is 16.3. The number of likely N-dealkylation sites (tertiary alicyclic amines) is 1. The molecule has 1 saturated heterocycles. The van der Waals surface area contributed by atoms with Crippen molar-refractivity contribution in [2.45, 2.75) is 23.8 Å². The third kappa shape index (κ3) is 5.17. The van der Waals surface area contributed by atoms with Crippen LogP contribution in [0.5, 0.6) is 0 Å². The normalized spacial score (nSPS) is 15.4. The summed E-state index contributed by atoms with van der Waals surface area (Å²) in [7, 11) is -4.05. The molecule has 2 heterocycles. The molecule has 0 bridgehead atoms. The fraction of sp³-hybridized carbons (Fsp3) is 0.261. The Kier molecular flexibility index (Phi) is 6.88. The first-order valence-electron chi connectivity index (χ1n) is 10.4. The number of benzene rings is 2. The molecule has 0 radical (unpaired) electrons. The summed E-state index contributed by atoms with van der Waals surface area (Å²) in [5.41, 5.74) is 0.0829. The number of hydrogen-bond donors (Lipinski definition) is 2. The molecule has 32 heavy (non-hydrogen) atoms. The van der Waals surface area contributed by atoms with E-state index in [2.05, 4.69) is 21.0 Å². The number of amides is 1. The summed E-state index contributed by atoms with van der Waals surface area (Å²) in [6.45, 7) is 2.42. The SMILES string of the molecule is O=C(NC[C@@H](c1cccs1)N1CCCC1)c1cccc(S(=O)(=O)Nc2ccccc2F)c1. The lowest BCUT2D eigenvalue weighted by Crippen LogP contribution is -2.36. The van der Waals surface area contributed by atoms with Crippen LogP contribution in [0.1, 0.15) is 34.1 Å². The van der Waals surface area contributed by atoms with Crippen molar-refractivity contribution in [3.63, 3.8) is 0 Å². The van der Waals surface area contributed by atoms with Crippen molar-refractivity contribution in [3.05, 3.63) is 82.3 Å². The highest BCUT2D eigenvalue weighted by Crippen LogP contribution is 2.28. The molecule has 0 spiro atoms. The molecule has 6 nitrogen and oxygen atoms in total. The molecule has 2 aromatic carbocycles. The van der Waals surface area contributed by atoms with Gasteiger partial charge in [-0.05, 0) is 67.7 Å². The zero-order valence-corrected chi connectivity index (χ0v) is 19.0. The lowest BCUT2D eigenvalue weighted by molar-refractivity contribution is 0.0938. The Bertz CT molecular complexity index is 1180. The summed E-state index contributed by atoms with van der Waals surface area (Å²) in [6.07, 6.45) is 2.29. The highest BCUT2D eigenvalue weighted by atomic mass is 32.2. The van der Waals surface area contributed by atoms with E-state index in [1.165, 1.54) is 47.3 Å². The van der Waals surface area contributed by atoms with Crippen LogP contribution in [0.15, 0.2) is 70.9 Å². The predicted molar refractivity (Wildman–Crippen MR) is 124 cm³/mol. The first-order valence-corrected chi connectivity index (χ1v) is 12.7. The third-order valence-electron chi connectivity index (χ3n) is 5.43. The van der Waals surface area contributed by atoms with E-state index in [1.807, 2.05) is 11.4 Å². The van der Waals surface area contributed by atoms with Crippen LogP contribution >= 0.6 is 11.3 Å². The second-order valence-corrected chi connectivity index (χ2v) is 10.3. The minimum Gasteiger partial charge on any atom is -0.350 e. The molecule has 1 fully saturated rings. The molecule has 1 aromatic heterocycles. The van der Waals surface area contributed by atoms with E-state index in [1.54, 1.807) is 17.4 Å². The summed E-state index contributed by atoms with van der Waals surface area (Å²) < 4.78 is 41.5. The zero-order chi connectivity index (χ0) is 22.6. The van der Waals surface area contributed by atoms with Crippen LogP contribution in [0, 0.1) is 5.82 Å². The number of para-hydroxylation sites is 1. The Hall–Kier alpha value is -2.75. The fourth-order valence-electron chi connectivity index (χ4n) is 3.79. The minimum atomic E-state index is -4.05. The number of hydrogen-bond acceptors (Lipinski definition) is 5. The molecule has 1 amide bonds. The maximum absolute atomic E-state index is 13.9. The highest BCUT2D eigenvalue weighted by molar-refractivity contribution is 7.92. The molecule has 9 heteroatoms. The quantitative estimate of drug-likeness (QED) is 0.513. The van der Waals surface area contributed by atoms with Crippen molar-refractivity contribution < 1.29 is 17.6 Å². The van der Waals surface area contributed by atoms with Crippen LogP contribution in [-0.2, 0) is 10.0 Å². The van der Waals surface area contributed by atoms with E-state index in [0.717, 1.165) is 25.9 Å². The molecule has 168 valence electrons. The van der Waals surface area contributed by atoms with Gasteiger partial charge in [-0.2, -0.15) is 0 Å². The second kappa shape index (κ2) is 9.81. The predicted octanol–water partition coefficient (Wildman–Crippen LogP) is 4.25. The number of nitrogens with zero attached hydrogens (tertiary/aromatic N) is 1. The van der Waals surface area contributed by atoms with Gasteiger partial charge >= 0.3 is 0 Å². The average Bonchev–Trinajstić information content (AvgIpc) is 3.50. The molecule has 3 aromatic rings. The number of rotatable bonds is 8. The van der Waals surface area contributed by atoms with E-state index in [9.17, 15) is 17.6 Å². The van der Waals surface area contributed by atoms with Crippen LogP contribution in [0.2, 0.25) is 0 Å². The Morgan fingerprint density at radius 1 is 1.06 bits per heavy atom. The van der Waals surface area contributed by atoms with E-state index in [4.69, 9.17) is 0 Å². The number of thiophene rings is 1. The van der Waals surface area contributed by atoms with Crippen molar-refractivity contribution >= 4 is 33.0 Å². The summed E-state index contributed by atoms with van der Waals surface area (Å²) in [5, 5.41) is 4.98. The van der Waals surface area contributed by atoms with Gasteiger partial charge in [0.25, 0.3) is 15.9 Å². The van der Waals surface area contributed by atoms with Gasteiger partial charge in [0, 0.05) is 17.0 Å². The van der Waals surface area contributed by atoms with Gasteiger partial charge < -0.3 is 5.32 Å². The van der Waals surface area contributed by atoms with Crippen molar-refractivity contribution in [2.75, 3.05) is 24.4 Å². The van der Waals surface area contributed by atoms with E-state index in [0.29, 0.717) is 6.54 Å². The van der Waals surface area contributed by atoms with E-state index in [-0.39, 0.29) is 28.1 Å². The topological polar surface area (TPSA) is 78.5 Å². The average molecular weight is 474 g/mol. The van der Waals surface area contributed by atoms with Crippen molar-refractivity contribution in [3.8, 4) is 0 Å². The van der Waals surface area contributed by atoms with Crippen LogP contribution in [0.3, 0.4) is 0 Å². The van der Waals surface area contributed by atoms with Gasteiger partial charge in [0.05, 0.1) is 16.6 Å². The number of nitrogens with one attached hydrogen (secondary N) is 2. The Labute approximate surface area is 191 Å². The van der Waals surface area contributed by atoms with Gasteiger partial charge in [-0.3, -0.25) is 14.4 Å². The molecule has 1 atom stereocenters. The van der Waals surface area contributed by atoms with Crippen LogP contribution in [-0.4, -0.2) is 38.9 Å². The summed E-state index contributed by atoms with van der Waals surface area (Å²) in [5.74, 6) is -1.03. The number of halogens is 1. The maximum Gasteiger partial charge on any atom is 0.262 e. The molecular weight excluding hydrogens is 449 g/mol. The standard InChI is InChI=1S/C23H24FN3O3S2/c24-19-9-1-2-10-20(19)26-32(29,30)18-8-5-7-17(15-18)23(28)25-16-21(22-11-6-14-31-22)27-12-3-4-13-27/h1-2,5-11,14-15,21,26H,3-4,12-13,16H2,(H,25,28)/t21-/m0/s1. The van der Waals surface area contributed by atoms with Gasteiger partial charge in [-0.25, -0.2) is 12.8 Å². The summed E-state index contributed by atoms with van der Waals surface area (Å²) in [6, 6.07) is 15.4. The summed E-state index contributed by atoms with van der Waals surface area (Å²) >= 11 is 1.66. The fourth-order valence-corrected chi connectivity index (χ4v) is 5.76. The smallest absolute Gasteiger partial charge is 0.262 e. The monoisotopic (exact) mass is 473 g/mol. The minimum absolute atomic E-state index is 0.0936. The molecule has 4 rings (SSSR count). The van der Waals surface area contributed by atoms with Crippen LogP contribution in [0.25, 0.3) is 0 Å². The highest BCUT2D eigenvalue weighted by Gasteiger charge is 2.25. The molecule has 0 saturated carbocycles. The van der Waals surface area contributed by atoms with Crippen molar-refractivity contribution in [1.82, 2.24) is 10.2 Å². The molecular formula is C23H24FN3O3S2. The molecule has 1 aliphatic rings. The van der Waals surface area contributed by atoms with Crippen molar-refractivity contribution in [1.29, 1.82) is 0 Å².